The monoisotopic (exact) mass is 284 g/mol. The zero-order valence-corrected chi connectivity index (χ0v) is 11.2. The molecule has 0 spiro atoms. The van der Waals surface area contributed by atoms with Crippen LogP contribution >= 0.6 is 0 Å². The molecule has 7 heteroatoms. The van der Waals surface area contributed by atoms with E-state index in [2.05, 4.69) is 4.18 Å². The molecule has 3 aliphatic rings. The van der Waals surface area contributed by atoms with Crippen molar-refractivity contribution in [1.82, 2.24) is 0 Å². The van der Waals surface area contributed by atoms with Crippen molar-refractivity contribution >= 4 is 10.1 Å². The van der Waals surface area contributed by atoms with E-state index in [0.717, 1.165) is 0 Å². The standard InChI is InChI=1S/C11H15F3O3S/c1-9(2)7-4-5-8(10(9,3)6-7)17-18(15,16)11(12,13)14/h5,7H,4,6H2,1-3H3/t7-,10+/m1/s1. The number of fused-ring (bicyclic) bond motifs is 1. The number of hydrogen-bond donors (Lipinski definition) is 0. The zero-order valence-electron chi connectivity index (χ0n) is 10.3. The second-order valence-corrected chi connectivity index (χ2v) is 7.28. The van der Waals surface area contributed by atoms with Gasteiger partial charge in [-0.2, -0.15) is 21.6 Å². The van der Waals surface area contributed by atoms with Gasteiger partial charge in [0.1, 0.15) is 5.76 Å². The highest BCUT2D eigenvalue weighted by molar-refractivity contribution is 7.87. The molecular weight excluding hydrogens is 269 g/mol. The van der Waals surface area contributed by atoms with Gasteiger partial charge >= 0.3 is 15.6 Å². The molecule has 0 aromatic rings. The fourth-order valence-electron chi connectivity index (χ4n) is 2.89. The average molecular weight is 284 g/mol. The number of rotatable bonds is 2. The lowest BCUT2D eigenvalue weighted by Crippen LogP contribution is -2.57. The van der Waals surface area contributed by atoms with Gasteiger partial charge in [0.2, 0.25) is 0 Å². The number of allylic oxidation sites excluding steroid dienone is 2. The molecule has 3 aliphatic carbocycles. The van der Waals surface area contributed by atoms with Crippen LogP contribution in [0.5, 0.6) is 0 Å². The summed E-state index contributed by atoms with van der Waals surface area (Å²) in [5.74, 6) is 0.316. The quantitative estimate of drug-likeness (QED) is 0.577. The van der Waals surface area contributed by atoms with E-state index >= 15 is 0 Å². The Bertz CT molecular complexity index is 504. The van der Waals surface area contributed by atoms with Gasteiger partial charge in [0, 0.05) is 5.41 Å². The van der Waals surface area contributed by atoms with E-state index in [4.69, 9.17) is 0 Å². The van der Waals surface area contributed by atoms with E-state index in [1.165, 1.54) is 6.08 Å². The van der Waals surface area contributed by atoms with E-state index in [1.54, 1.807) is 6.92 Å². The second kappa shape index (κ2) is 3.43. The lowest BCUT2D eigenvalue weighted by molar-refractivity contribution is -0.114. The van der Waals surface area contributed by atoms with E-state index in [9.17, 15) is 21.6 Å². The average Bonchev–Trinajstić information content (AvgIpc) is 2.18. The fraction of sp³-hybridized carbons (Fsp3) is 0.818. The second-order valence-electron chi connectivity index (χ2n) is 5.74. The van der Waals surface area contributed by atoms with Gasteiger partial charge in [0.15, 0.2) is 0 Å². The van der Waals surface area contributed by atoms with Crippen LogP contribution in [0.15, 0.2) is 11.8 Å². The van der Waals surface area contributed by atoms with Crippen LogP contribution in [0.1, 0.15) is 33.6 Å². The van der Waals surface area contributed by atoms with Crippen LogP contribution < -0.4 is 0 Å². The molecule has 0 heterocycles. The summed E-state index contributed by atoms with van der Waals surface area (Å²) in [6, 6.07) is 0. The first kappa shape index (κ1) is 13.7. The van der Waals surface area contributed by atoms with Crippen LogP contribution in [0.4, 0.5) is 13.2 Å². The van der Waals surface area contributed by atoms with Gasteiger partial charge < -0.3 is 4.18 Å². The molecule has 0 aliphatic heterocycles. The third-order valence-electron chi connectivity index (χ3n) is 4.71. The van der Waals surface area contributed by atoms with Crippen molar-refractivity contribution in [2.45, 2.75) is 39.1 Å². The molecule has 104 valence electrons. The summed E-state index contributed by atoms with van der Waals surface area (Å²) in [7, 11) is -5.56. The molecule has 0 saturated heterocycles. The molecule has 2 atom stereocenters. The van der Waals surface area contributed by atoms with E-state index in [1.807, 2.05) is 13.8 Å². The smallest absolute Gasteiger partial charge is 0.380 e. The fourth-order valence-corrected chi connectivity index (χ4v) is 3.48. The predicted octanol–water partition coefficient (Wildman–Crippen LogP) is 3.19. The number of alkyl halides is 3. The summed E-state index contributed by atoms with van der Waals surface area (Å²) < 4.78 is 63.4. The molecule has 3 nitrogen and oxygen atoms in total. The van der Waals surface area contributed by atoms with E-state index in [0.29, 0.717) is 18.8 Å². The summed E-state index contributed by atoms with van der Waals surface area (Å²) in [6.45, 7) is 5.61. The van der Waals surface area contributed by atoms with Crippen molar-refractivity contribution in [3.05, 3.63) is 11.8 Å². The molecule has 3 rings (SSSR count). The van der Waals surface area contributed by atoms with Gasteiger partial charge in [0.05, 0.1) is 0 Å². The summed E-state index contributed by atoms with van der Waals surface area (Å²) in [6.07, 6.45) is 2.70. The van der Waals surface area contributed by atoms with Crippen LogP contribution in [0, 0.1) is 16.7 Å². The van der Waals surface area contributed by atoms with Crippen LogP contribution in [-0.2, 0) is 14.3 Å². The van der Waals surface area contributed by atoms with Crippen LogP contribution in [0.3, 0.4) is 0 Å². The molecule has 0 N–H and O–H groups in total. The molecule has 0 aromatic carbocycles. The van der Waals surface area contributed by atoms with Crippen LogP contribution in [0.2, 0.25) is 0 Å². The summed E-state index contributed by atoms with van der Waals surface area (Å²) >= 11 is 0. The normalized spacial score (nSPS) is 34.6. The van der Waals surface area contributed by atoms with Crippen LogP contribution in [0.25, 0.3) is 0 Å². The van der Waals surface area contributed by atoms with Crippen molar-refractivity contribution in [1.29, 1.82) is 0 Å². The van der Waals surface area contributed by atoms with Crippen molar-refractivity contribution in [2.24, 2.45) is 16.7 Å². The molecule has 2 bridgehead atoms. The first-order valence-corrected chi connectivity index (χ1v) is 7.04. The third-order valence-corrected chi connectivity index (χ3v) is 5.68. The first-order chi connectivity index (χ1) is 7.92. The molecule has 0 radical (unpaired) electrons. The summed E-state index contributed by atoms with van der Waals surface area (Å²) in [5, 5.41) is 0. The van der Waals surface area contributed by atoms with Crippen molar-refractivity contribution in [2.75, 3.05) is 0 Å². The highest BCUT2D eigenvalue weighted by atomic mass is 32.2. The molecule has 0 unspecified atom stereocenters. The Morgan fingerprint density at radius 1 is 1.33 bits per heavy atom. The minimum Gasteiger partial charge on any atom is -0.380 e. The van der Waals surface area contributed by atoms with Gasteiger partial charge in [0.25, 0.3) is 0 Å². The van der Waals surface area contributed by atoms with E-state index in [-0.39, 0.29) is 11.2 Å². The van der Waals surface area contributed by atoms with Crippen LogP contribution in [-0.4, -0.2) is 13.9 Å². The van der Waals surface area contributed by atoms with Crippen molar-refractivity contribution in [3.63, 3.8) is 0 Å². The zero-order chi connectivity index (χ0) is 14.0. The maximum absolute atomic E-state index is 12.3. The summed E-state index contributed by atoms with van der Waals surface area (Å²) in [5.41, 5.74) is -6.25. The van der Waals surface area contributed by atoms with Crippen molar-refractivity contribution < 1.29 is 25.8 Å². The molecule has 18 heavy (non-hydrogen) atoms. The molecule has 1 fully saturated rings. The molecule has 0 amide bonds. The minimum atomic E-state index is -5.56. The van der Waals surface area contributed by atoms with Gasteiger partial charge in [-0.1, -0.05) is 20.8 Å². The lowest BCUT2D eigenvalue weighted by Gasteiger charge is -2.62. The van der Waals surface area contributed by atoms with Crippen molar-refractivity contribution in [3.8, 4) is 0 Å². The largest absolute Gasteiger partial charge is 0.534 e. The highest BCUT2D eigenvalue weighted by Gasteiger charge is 2.63. The SMILES string of the molecule is CC1(C)[C@@H]2CC=C(OS(=O)(=O)C(F)(F)F)[C@]1(C)C2. The van der Waals surface area contributed by atoms with Gasteiger partial charge in [-0.05, 0) is 30.3 Å². The van der Waals surface area contributed by atoms with Gasteiger partial charge in [-0.25, -0.2) is 0 Å². The predicted molar refractivity (Wildman–Crippen MR) is 58.8 cm³/mol. The Labute approximate surface area is 104 Å². The van der Waals surface area contributed by atoms with Gasteiger partial charge in [-0.3, -0.25) is 0 Å². The Balaban J connectivity index is 2.30. The Hall–Kier alpha value is -0.720. The maximum atomic E-state index is 12.3. The third kappa shape index (κ3) is 1.59. The summed E-state index contributed by atoms with van der Waals surface area (Å²) in [4.78, 5) is 0. The molecular formula is C11H15F3O3S. The molecule has 1 saturated carbocycles. The molecule has 0 aromatic heterocycles. The maximum Gasteiger partial charge on any atom is 0.534 e. The number of halogens is 3. The first-order valence-electron chi connectivity index (χ1n) is 5.63. The lowest BCUT2D eigenvalue weighted by atomic mass is 9.42. The highest BCUT2D eigenvalue weighted by Crippen LogP contribution is 2.68. The Morgan fingerprint density at radius 2 is 1.89 bits per heavy atom. The number of hydrogen-bond acceptors (Lipinski definition) is 3. The van der Waals surface area contributed by atoms with E-state index < -0.39 is 21.0 Å². The topological polar surface area (TPSA) is 43.4 Å². The van der Waals surface area contributed by atoms with Gasteiger partial charge in [-0.15, -0.1) is 0 Å². The Kier molecular flexibility index (Phi) is 2.61. The Morgan fingerprint density at radius 3 is 2.33 bits per heavy atom. The minimum absolute atomic E-state index is 0.0627.